The Balaban J connectivity index is 0.000000408. The predicted octanol–water partition coefficient (Wildman–Crippen LogP) is -0.361. The summed E-state index contributed by atoms with van der Waals surface area (Å²) >= 11 is 0. The van der Waals surface area contributed by atoms with Crippen molar-refractivity contribution in [2.24, 2.45) is 5.73 Å². The van der Waals surface area contributed by atoms with Gasteiger partial charge in [0.2, 0.25) is 0 Å². The highest BCUT2D eigenvalue weighted by Crippen LogP contribution is 2.46. The van der Waals surface area contributed by atoms with Gasteiger partial charge in [0.25, 0.3) is 5.56 Å². The lowest BCUT2D eigenvalue weighted by Crippen LogP contribution is -2.31. The SMILES string of the molecule is CCN.C[C@]12C[C@@H](CO)OC1n1ccc(=O)nc1O2. The number of fused-ring (bicyclic) bond motifs is 3. The van der Waals surface area contributed by atoms with E-state index in [2.05, 4.69) is 4.98 Å². The summed E-state index contributed by atoms with van der Waals surface area (Å²) in [7, 11) is 0. The lowest BCUT2D eigenvalue weighted by atomic mass is 10.0. The minimum atomic E-state index is -0.540. The van der Waals surface area contributed by atoms with Crippen molar-refractivity contribution in [1.29, 1.82) is 0 Å². The van der Waals surface area contributed by atoms with Gasteiger partial charge in [-0.3, -0.25) is 9.36 Å². The van der Waals surface area contributed by atoms with E-state index < -0.39 is 5.60 Å². The van der Waals surface area contributed by atoms with Crippen molar-refractivity contribution < 1.29 is 14.6 Å². The van der Waals surface area contributed by atoms with Crippen molar-refractivity contribution in [1.82, 2.24) is 9.55 Å². The van der Waals surface area contributed by atoms with Crippen LogP contribution in [0, 0.1) is 0 Å². The van der Waals surface area contributed by atoms with E-state index in [0.717, 1.165) is 6.54 Å². The van der Waals surface area contributed by atoms with Crippen LogP contribution in [0.2, 0.25) is 0 Å². The lowest BCUT2D eigenvalue weighted by molar-refractivity contribution is -0.0448. The molecule has 1 saturated heterocycles. The zero-order chi connectivity index (χ0) is 14.0. The molecular formula is C12H19N3O4. The van der Waals surface area contributed by atoms with E-state index in [0.29, 0.717) is 6.42 Å². The number of rotatable bonds is 1. The van der Waals surface area contributed by atoms with Crippen LogP contribution in [0.15, 0.2) is 17.1 Å². The molecule has 0 spiro atoms. The van der Waals surface area contributed by atoms with Gasteiger partial charge >= 0.3 is 6.01 Å². The Bertz CT molecular complexity index is 504. The van der Waals surface area contributed by atoms with Crippen LogP contribution < -0.4 is 16.0 Å². The molecule has 0 radical (unpaired) electrons. The maximum atomic E-state index is 11.1. The van der Waals surface area contributed by atoms with Gasteiger partial charge in [-0.15, -0.1) is 0 Å². The van der Waals surface area contributed by atoms with E-state index >= 15 is 0 Å². The van der Waals surface area contributed by atoms with Crippen LogP contribution in [0.5, 0.6) is 6.01 Å². The van der Waals surface area contributed by atoms with Crippen molar-refractivity contribution in [3.05, 3.63) is 22.6 Å². The van der Waals surface area contributed by atoms with Gasteiger partial charge in [0.1, 0.15) is 0 Å². The molecule has 0 aromatic carbocycles. The van der Waals surface area contributed by atoms with E-state index in [4.69, 9.17) is 20.3 Å². The second-order valence-corrected chi connectivity index (χ2v) is 4.78. The van der Waals surface area contributed by atoms with E-state index in [1.165, 1.54) is 6.07 Å². The van der Waals surface area contributed by atoms with E-state index in [1.807, 2.05) is 13.8 Å². The van der Waals surface area contributed by atoms with E-state index in [1.54, 1.807) is 10.8 Å². The van der Waals surface area contributed by atoms with E-state index in [-0.39, 0.29) is 30.5 Å². The molecule has 3 rings (SSSR count). The van der Waals surface area contributed by atoms with Crippen molar-refractivity contribution in [2.45, 2.75) is 38.2 Å². The van der Waals surface area contributed by atoms with Gasteiger partial charge in [-0.25, -0.2) is 0 Å². The molecule has 0 aliphatic carbocycles. The highest BCUT2D eigenvalue weighted by Gasteiger charge is 2.53. The predicted molar refractivity (Wildman–Crippen MR) is 67.9 cm³/mol. The molecule has 7 heteroatoms. The molecule has 2 aliphatic heterocycles. The summed E-state index contributed by atoms with van der Waals surface area (Å²) in [5.41, 5.74) is 3.98. The van der Waals surface area contributed by atoms with Crippen LogP contribution in [0.4, 0.5) is 0 Å². The maximum absolute atomic E-state index is 11.1. The number of aliphatic hydroxyl groups excluding tert-OH is 1. The fraction of sp³-hybridized carbons (Fsp3) is 0.667. The van der Waals surface area contributed by atoms with Gasteiger partial charge in [0, 0.05) is 18.7 Å². The van der Waals surface area contributed by atoms with Crippen LogP contribution in [0.1, 0.15) is 26.5 Å². The average Bonchev–Trinajstić information content (AvgIpc) is 2.79. The number of hydrogen-bond donors (Lipinski definition) is 2. The Morgan fingerprint density at radius 1 is 1.68 bits per heavy atom. The third-order valence-electron chi connectivity index (χ3n) is 3.06. The minimum Gasteiger partial charge on any atom is -0.453 e. The molecule has 0 amide bonds. The molecule has 0 saturated carbocycles. The molecule has 7 nitrogen and oxygen atoms in total. The molecule has 3 N–H and O–H groups in total. The van der Waals surface area contributed by atoms with Crippen LogP contribution in [0.25, 0.3) is 0 Å². The molecule has 1 aromatic heterocycles. The smallest absolute Gasteiger partial charge is 0.302 e. The number of ether oxygens (including phenoxy) is 2. The van der Waals surface area contributed by atoms with Crippen LogP contribution in [0.3, 0.4) is 0 Å². The summed E-state index contributed by atoms with van der Waals surface area (Å²) in [5, 5.41) is 9.07. The van der Waals surface area contributed by atoms with Gasteiger partial charge in [-0.2, -0.15) is 4.98 Å². The average molecular weight is 269 g/mol. The van der Waals surface area contributed by atoms with Crippen molar-refractivity contribution in [2.75, 3.05) is 13.2 Å². The number of nitrogens with two attached hydrogens (primary N) is 1. The normalized spacial score (nSPS) is 30.9. The molecule has 0 bridgehead atoms. The lowest BCUT2D eigenvalue weighted by Gasteiger charge is -2.19. The van der Waals surface area contributed by atoms with Crippen LogP contribution in [-0.4, -0.2) is 39.5 Å². The Hall–Kier alpha value is -1.44. The number of nitrogens with zero attached hydrogens (tertiary/aromatic N) is 2. The number of aromatic nitrogens is 2. The largest absolute Gasteiger partial charge is 0.453 e. The van der Waals surface area contributed by atoms with Gasteiger partial charge in [0.05, 0.1) is 12.7 Å². The first-order valence-corrected chi connectivity index (χ1v) is 6.28. The summed E-state index contributed by atoms with van der Waals surface area (Å²) in [6.07, 6.45) is 1.67. The first-order chi connectivity index (χ1) is 9.04. The van der Waals surface area contributed by atoms with Crippen molar-refractivity contribution in [3.8, 4) is 6.01 Å². The third kappa shape index (κ3) is 2.49. The maximum Gasteiger partial charge on any atom is 0.302 e. The van der Waals surface area contributed by atoms with Gasteiger partial charge in [0.15, 0.2) is 11.8 Å². The summed E-state index contributed by atoms with van der Waals surface area (Å²) in [6.45, 7) is 4.52. The molecule has 3 atom stereocenters. The quantitative estimate of drug-likeness (QED) is 0.722. The molecule has 106 valence electrons. The Morgan fingerprint density at radius 3 is 3.00 bits per heavy atom. The molecule has 2 aliphatic rings. The fourth-order valence-corrected chi connectivity index (χ4v) is 2.35. The molecule has 1 fully saturated rings. The zero-order valence-corrected chi connectivity index (χ0v) is 11.1. The molecule has 1 aromatic rings. The topological polar surface area (TPSA) is 99.6 Å². The van der Waals surface area contributed by atoms with Crippen molar-refractivity contribution in [3.63, 3.8) is 0 Å². The van der Waals surface area contributed by atoms with Crippen LogP contribution in [-0.2, 0) is 4.74 Å². The van der Waals surface area contributed by atoms with Gasteiger partial charge in [-0.05, 0) is 13.5 Å². The van der Waals surface area contributed by atoms with E-state index in [9.17, 15) is 4.79 Å². The first-order valence-electron chi connectivity index (χ1n) is 6.28. The monoisotopic (exact) mass is 269 g/mol. The third-order valence-corrected chi connectivity index (χ3v) is 3.06. The number of aliphatic hydroxyl groups is 1. The van der Waals surface area contributed by atoms with Gasteiger partial charge < -0.3 is 20.3 Å². The molecule has 1 unspecified atom stereocenters. The second kappa shape index (κ2) is 5.28. The summed E-state index contributed by atoms with van der Waals surface area (Å²) < 4.78 is 13.0. The summed E-state index contributed by atoms with van der Waals surface area (Å²) in [5.74, 6) is 0. The standard InChI is InChI=1S/C10H12N2O4.C2H7N/c1-10-4-6(5-13)15-8(10)12-3-2-7(14)11-9(12)16-10;1-2-3/h2-3,6,8,13H,4-5H2,1H3;2-3H2,1H3/t6-,8?,10-;/m0./s1. The Kier molecular flexibility index (Phi) is 3.88. The Morgan fingerprint density at radius 2 is 2.37 bits per heavy atom. The highest BCUT2D eigenvalue weighted by atomic mass is 16.6. The number of hydrogen-bond acceptors (Lipinski definition) is 6. The second-order valence-electron chi connectivity index (χ2n) is 4.78. The van der Waals surface area contributed by atoms with Crippen molar-refractivity contribution >= 4 is 0 Å². The highest BCUT2D eigenvalue weighted by molar-refractivity contribution is 5.13. The Labute approximate surface area is 111 Å². The van der Waals surface area contributed by atoms with Gasteiger partial charge in [-0.1, -0.05) is 6.92 Å². The molecule has 3 heterocycles. The van der Waals surface area contributed by atoms with Crippen LogP contribution >= 0.6 is 0 Å². The first kappa shape index (κ1) is 14.0. The minimum absolute atomic E-state index is 0.0294. The molecular weight excluding hydrogens is 250 g/mol. The fourth-order valence-electron chi connectivity index (χ4n) is 2.35. The summed E-state index contributed by atoms with van der Waals surface area (Å²) in [4.78, 5) is 14.9. The zero-order valence-electron chi connectivity index (χ0n) is 11.1. The molecule has 19 heavy (non-hydrogen) atoms. The summed E-state index contributed by atoms with van der Waals surface area (Å²) in [6, 6.07) is 1.66.